The summed E-state index contributed by atoms with van der Waals surface area (Å²) in [5.41, 5.74) is -9.53. The van der Waals surface area contributed by atoms with Crippen molar-refractivity contribution in [2.24, 2.45) is 47.3 Å². The summed E-state index contributed by atoms with van der Waals surface area (Å²) in [6, 6.07) is 0. The van der Waals surface area contributed by atoms with Crippen LogP contribution in [0, 0.1) is 47.3 Å². The molecule has 0 radical (unpaired) electrons. The van der Waals surface area contributed by atoms with E-state index in [9.17, 15) is 0 Å². The van der Waals surface area contributed by atoms with E-state index in [2.05, 4.69) is 111 Å². The third-order valence-electron chi connectivity index (χ3n) is 4.53. The van der Waals surface area contributed by atoms with Crippen LogP contribution < -0.4 is 0 Å². The second-order valence-electron chi connectivity index (χ2n) is 15.3. The molecule has 0 saturated carbocycles. The molecule has 21 heteroatoms. The van der Waals surface area contributed by atoms with Gasteiger partial charge in [0, 0.05) is 0 Å². The summed E-state index contributed by atoms with van der Waals surface area (Å²) >= 11 is 40.5. The fourth-order valence-electron chi connectivity index (χ4n) is 2.07. The smallest absolute Gasteiger partial charge is 0.691 e. The molecule has 0 saturated heterocycles. The standard InChI is InChI=1S/4C8H19O2PS2.Sn/c4*1-7(2)5-9-11(12,13)10-6-8(3)4;/h4*7-8H,5-6H2,1-4H3,(H,12,13);/q;;;;+4/p-4. The van der Waals surface area contributed by atoms with Gasteiger partial charge in [-0.1, -0.05) is 158 Å². The predicted octanol–water partition coefficient (Wildman–Crippen LogP) is 12.0. The van der Waals surface area contributed by atoms with E-state index in [-0.39, 0.29) is 23.9 Å². The van der Waals surface area contributed by atoms with Gasteiger partial charge in [0.1, 0.15) is 0 Å². The van der Waals surface area contributed by atoms with Crippen molar-refractivity contribution in [3.63, 3.8) is 0 Å². The van der Waals surface area contributed by atoms with Crippen molar-refractivity contribution in [2.75, 3.05) is 52.9 Å². The molecule has 0 heterocycles. The Morgan fingerprint density at radius 2 is 0.358 bits per heavy atom. The van der Waals surface area contributed by atoms with E-state index >= 15 is 0 Å². The van der Waals surface area contributed by atoms with Crippen LogP contribution in [0.15, 0.2) is 0 Å². The minimum absolute atomic E-state index is 0. The summed E-state index contributed by atoms with van der Waals surface area (Å²) in [6.45, 7) is 37.8. The first-order chi connectivity index (χ1) is 23.3. The first-order valence-corrected chi connectivity index (χ1v) is 32.3. The van der Waals surface area contributed by atoms with Gasteiger partial charge >= 0.3 is 23.9 Å². The summed E-state index contributed by atoms with van der Waals surface area (Å²) in [4.78, 5) is 0. The Balaban J connectivity index is -0.000000192. The van der Waals surface area contributed by atoms with Gasteiger partial charge in [-0.25, -0.2) is 0 Å². The van der Waals surface area contributed by atoms with Gasteiger partial charge in [-0.3, -0.25) is 0 Å². The molecule has 0 aromatic heterocycles. The van der Waals surface area contributed by atoms with Crippen molar-refractivity contribution >= 4 is 143 Å². The van der Waals surface area contributed by atoms with E-state index in [1.165, 1.54) is 0 Å². The van der Waals surface area contributed by atoms with Crippen molar-refractivity contribution in [1.82, 2.24) is 0 Å². The zero-order chi connectivity index (χ0) is 41.9. The molecule has 0 bridgehead atoms. The summed E-state index contributed by atoms with van der Waals surface area (Å²) in [5.74, 6) is 3.61. The van der Waals surface area contributed by atoms with Gasteiger partial charge in [0.25, 0.3) is 0 Å². The van der Waals surface area contributed by atoms with Crippen LogP contribution in [-0.2, 0) is 132 Å². The van der Waals surface area contributed by atoms with Crippen LogP contribution >= 0.6 is 22.8 Å². The van der Waals surface area contributed by atoms with Gasteiger partial charge in [-0.15, -0.1) is 0 Å². The van der Waals surface area contributed by atoms with Crippen LogP contribution in [0.3, 0.4) is 0 Å². The average molecular weight is 1080 g/mol. The van der Waals surface area contributed by atoms with Crippen LogP contribution in [0.4, 0.5) is 0 Å². The minimum atomic E-state index is -2.38. The van der Waals surface area contributed by atoms with Gasteiger partial charge in [0.2, 0.25) is 0 Å². The van der Waals surface area contributed by atoms with E-state index in [0.29, 0.717) is 100 Å². The second kappa shape index (κ2) is 37.1. The van der Waals surface area contributed by atoms with E-state index in [1.54, 1.807) is 0 Å². The number of hydrogen-bond acceptors (Lipinski definition) is 16. The molecule has 0 N–H and O–H groups in total. The Labute approximate surface area is 386 Å². The molecule has 0 atom stereocenters. The Morgan fingerprint density at radius 1 is 0.283 bits per heavy atom. The molecule has 8 nitrogen and oxygen atoms in total. The maximum Gasteiger partial charge on any atom is 4.00 e. The first-order valence-electron chi connectivity index (χ1n) is 17.7. The Hall–Kier alpha value is 4.48. The maximum absolute atomic E-state index is 5.36. The zero-order valence-corrected chi connectivity index (χ0v) is 48.1. The number of rotatable bonds is 24. The molecular formula is C32H72O8P4S8Sn. The molecule has 0 fully saturated rings. The molecule has 320 valence electrons. The summed E-state index contributed by atoms with van der Waals surface area (Å²) < 4.78 is 42.9. The molecule has 0 aliphatic carbocycles. The monoisotopic (exact) mass is 1080 g/mol. The van der Waals surface area contributed by atoms with Gasteiger partial charge in [0.05, 0.1) is 75.6 Å². The molecule has 0 unspecified atom stereocenters. The first kappa shape index (κ1) is 66.6. The molecule has 0 spiro atoms. The van der Waals surface area contributed by atoms with Crippen LogP contribution in [0.1, 0.15) is 111 Å². The van der Waals surface area contributed by atoms with Gasteiger partial charge in [0.15, 0.2) is 0 Å². The van der Waals surface area contributed by atoms with Gasteiger partial charge in [-0.05, 0) is 47.3 Å². The average Bonchev–Trinajstić information content (AvgIpc) is 2.98. The quantitative estimate of drug-likeness (QED) is 0.0523. The molecular weight excluding hydrogens is 1010 g/mol. The summed E-state index contributed by atoms with van der Waals surface area (Å²) in [7, 11) is 0. The Morgan fingerprint density at radius 3 is 0.415 bits per heavy atom. The third kappa shape index (κ3) is 60.9. The van der Waals surface area contributed by atoms with Gasteiger partial charge < -0.3 is 85.2 Å². The van der Waals surface area contributed by atoms with E-state index < -0.39 is 22.8 Å². The fourth-order valence-corrected chi connectivity index (χ4v) is 9.14. The largest absolute Gasteiger partial charge is 4.00 e. The Kier molecular flexibility index (Phi) is 46.6. The van der Waals surface area contributed by atoms with E-state index in [0.717, 1.165) is 0 Å². The summed E-state index contributed by atoms with van der Waals surface area (Å²) in [6.07, 6.45) is 0. The molecule has 0 aromatic carbocycles. The fraction of sp³-hybridized carbons (Fsp3) is 1.00. The maximum atomic E-state index is 5.36. The van der Waals surface area contributed by atoms with Crippen LogP contribution in [-0.4, -0.2) is 76.8 Å². The van der Waals surface area contributed by atoms with E-state index in [4.69, 9.17) is 132 Å². The number of hydrogen-bond donors (Lipinski definition) is 0. The predicted molar refractivity (Wildman–Crippen MR) is 259 cm³/mol. The van der Waals surface area contributed by atoms with Crippen LogP contribution in [0.5, 0.6) is 0 Å². The van der Waals surface area contributed by atoms with E-state index in [1.807, 2.05) is 0 Å². The van der Waals surface area contributed by atoms with Crippen molar-refractivity contribution in [3.8, 4) is 0 Å². The zero-order valence-electron chi connectivity index (χ0n) is 35.1. The molecule has 0 aliphatic heterocycles. The van der Waals surface area contributed by atoms with Crippen LogP contribution in [0.2, 0.25) is 0 Å². The topological polar surface area (TPSA) is 73.8 Å². The molecule has 0 rings (SSSR count). The Bertz CT molecular complexity index is 835. The third-order valence-corrected chi connectivity index (χ3v) is 13.3. The van der Waals surface area contributed by atoms with Crippen LogP contribution in [0.25, 0.3) is 0 Å². The molecule has 53 heavy (non-hydrogen) atoms. The second-order valence-corrected chi connectivity index (χ2v) is 35.3. The van der Waals surface area contributed by atoms with Crippen molar-refractivity contribution < 1.29 is 36.2 Å². The van der Waals surface area contributed by atoms with Crippen molar-refractivity contribution in [3.05, 3.63) is 0 Å². The molecule has 0 amide bonds. The molecule has 0 aliphatic rings. The molecule has 0 aromatic rings. The normalized spacial score (nSPS) is 12.6. The van der Waals surface area contributed by atoms with Gasteiger partial charge in [-0.2, -0.15) is 0 Å². The van der Waals surface area contributed by atoms with Crippen molar-refractivity contribution in [1.29, 1.82) is 0 Å². The SMILES string of the molecule is CC(C)COP(=S)([S-])OCC(C)C.CC(C)COP(=S)([S-])OCC(C)C.CC(C)COP(=S)([S-])OCC(C)C.CC(C)COP(=S)([S-])OCC(C)C.[Sn+4]. The minimum Gasteiger partial charge on any atom is -0.691 e. The van der Waals surface area contributed by atoms with Crippen molar-refractivity contribution in [2.45, 2.75) is 111 Å². The summed E-state index contributed by atoms with van der Waals surface area (Å²) in [5, 5.41) is 0.